The number of rotatable bonds is 7. The molecule has 2 aliphatic rings. The van der Waals surface area contributed by atoms with Crippen LogP contribution in [-0.4, -0.2) is 25.6 Å². The zero-order valence-electron chi connectivity index (χ0n) is 18.0. The van der Waals surface area contributed by atoms with Crippen LogP contribution < -0.4 is 9.46 Å². The van der Waals surface area contributed by atoms with Gasteiger partial charge in [-0.3, -0.25) is 4.72 Å². The maximum absolute atomic E-state index is 13.4. The molecule has 0 saturated heterocycles. The Kier molecular flexibility index (Phi) is 6.01. The van der Waals surface area contributed by atoms with E-state index in [4.69, 9.17) is 10.00 Å². The molecule has 0 aliphatic heterocycles. The summed E-state index contributed by atoms with van der Waals surface area (Å²) in [7, 11) is -4.17. The number of hydrogen-bond donors (Lipinski definition) is 2. The lowest BCUT2D eigenvalue weighted by Gasteiger charge is -2.20. The lowest BCUT2D eigenvalue weighted by atomic mass is 10.1. The van der Waals surface area contributed by atoms with Crippen molar-refractivity contribution in [1.82, 2.24) is 0 Å². The molecule has 0 radical (unpaired) electrons. The fourth-order valence-electron chi connectivity index (χ4n) is 4.15. The second-order valence-corrected chi connectivity index (χ2v) is 10.2. The highest BCUT2D eigenvalue weighted by atomic mass is 32.2. The molecule has 2 fully saturated rings. The summed E-state index contributed by atoms with van der Waals surface area (Å²) in [6.07, 6.45) is 3.39. The molecule has 2 N–H and O–H groups in total. The Morgan fingerprint density at radius 3 is 2.52 bits per heavy atom. The summed E-state index contributed by atoms with van der Waals surface area (Å²) < 4.78 is 35.4. The van der Waals surface area contributed by atoms with Crippen LogP contribution in [0.4, 0.5) is 5.69 Å². The van der Waals surface area contributed by atoms with Gasteiger partial charge in [0.05, 0.1) is 33.8 Å². The molecule has 2 unspecified atom stereocenters. The normalized spacial score (nSPS) is 20.0. The Morgan fingerprint density at radius 2 is 1.91 bits per heavy atom. The van der Waals surface area contributed by atoms with E-state index in [9.17, 15) is 23.6 Å². The van der Waals surface area contributed by atoms with E-state index < -0.39 is 16.0 Å². The molecular formula is C24H23N3O5S. The Morgan fingerprint density at radius 1 is 1.15 bits per heavy atom. The second kappa shape index (κ2) is 8.76. The summed E-state index contributed by atoms with van der Waals surface area (Å²) in [5.41, 5.74) is 1.50. The van der Waals surface area contributed by atoms with E-state index in [1.54, 1.807) is 19.1 Å². The minimum absolute atomic E-state index is 0.0734. The van der Waals surface area contributed by atoms with Crippen molar-refractivity contribution >= 4 is 21.7 Å². The molecule has 0 amide bonds. The monoisotopic (exact) mass is 465 g/mol. The van der Waals surface area contributed by atoms with Crippen molar-refractivity contribution in [2.45, 2.75) is 55.9 Å². The SMILES string of the molecule is Cc1cc(OC2CCC(C#N)C2)c(NS(=O)(=O)c2cc(C(=O)O)ccc2C2CC2)cc1C#N. The van der Waals surface area contributed by atoms with Gasteiger partial charge in [0.1, 0.15) is 11.9 Å². The van der Waals surface area contributed by atoms with Gasteiger partial charge in [0.15, 0.2) is 0 Å². The third-order valence-corrected chi connectivity index (χ3v) is 7.54. The van der Waals surface area contributed by atoms with Gasteiger partial charge in [-0.2, -0.15) is 10.5 Å². The number of aromatic carboxylic acids is 1. The summed E-state index contributed by atoms with van der Waals surface area (Å²) >= 11 is 0. The average Bonchev–Trinajstić information content (AvgIpc) is 3.53. The van der Waals surface area contributed by atoms with E-state index in [0.29, 0.717) is 36.0 Å². The minimum atomic E-state index is -4.17. The van der Waals surface area contributed by atoms with Crippen LogP contribution in [0.25, 0.3) is 0 Å². The van der Waals surface area contributed by atoms with Crippen LogP contribution in [0, 0.1) is 35.5 Å². The Balaban J connectivity index is 1.72. The second-order valence-electron chi connectivity index (χ2n) is 8.59. The average molecular weight is 466 g/mol. The summed E-state index contributed by atoms with van der Waals surface area (Å²) in [5.74, 6) is -0.965. The van der Waals surface area contributed by atoms with Gasteiger partial charge in [0, 0.05) is 12.3 Å². The number of nitrogens with one attached hydrogen (secondary N) is 1. The van der Waals surface area contributed by atoms with E-state index in [0.717, 1.165) is 12.8 Å². The van der Waals surface area contributed by atoms with E-state index >= 15 is 0 Å². The van der Waals surface area contributed by atoms with Crippen molar-refractivity contribution in [3.05, 3.63) is 52.6 Å². The van der Waals surface area contributed by atoms with Gasteiger partial charge < -0.3 is 9.84 Å². The maximum atomic E-state index is 13.4. The maximum Gasteiger partial charge on any atom is 0.335 e. The Hall–Kier alpha value is -3.56. The molecule has 170 valence electrons. The smallest absolute Gasteiger partial charge is 0.335 e. The van der Waals surface area contributed by atoms with Crippen LogP contribution in [0.1, 0.15) is 65.1 Å². The number of benzene rings is 2. The molecule has 8 nitrogen and oxygen atoms in total. The molecule has 2 aromatic rings. The number of ether oxygens (including phenoxy) is 1. The largest absolute Gasteiger partial charge is 0.488 e. The van der Waals surface area contributed by atoms with E-state index in [1.165, 1.54) is 18.2 Å². The molecule has 0 spiro atoms. The first kappa shape index (κ1) is 22.6. The third kappa shape index (κ3) is 4.79. The van der Waals surface area contributed by atoms with Crippen LogP contribution in [-0.2, 0) is 10.0 Å². The molecule has 33 heavy (non-hydrogen) atoms. The fourth-order valence-corrected chi connectivity index (χ4v) is 5.54. The number of nitrogens with zero attached hydrogens (tertiary/aromatic N) is 2. The molecule has 2 aliphatic carbocycles. The topological polar surface area (TPSA) is 140 Å². The number of nitriles is 2. The fraction of sp³-hybridized carbons (Fsp3) is 0.375. The van der Waals surface area contributed by atoms with Crippen molar-refractivity contribution in [3.63, 3.8) is 0 Å². The van der Waals surface area contributed by atoms with Gasteiger partial charge in [-0.25, -0.2) is 13.2 Å². The van der Waals surface area contributed by atoms with Crippen LogP contribution >= 0.6 is 0 Å². The van der Waals surface area contributed by atoms with Gasteiger partial charge in [0.25, 0.3) is 10.0 Å². The zero-order chi connectivity index (χ0) is 23.8. The van der Waals surface area contributed by atoms with Crippen LogP contribution in [0.5, 0.6) is 5.75 Å². The molecule has 2 aromatic carbocycles. The summed E-state index contributed by atoms with van der Waals surface area (Å²) in [4.78, 5) is 11.4. The van der Waals surface area contributed by atoms with Crippen molar-refractivity contribution in [2.24, 2.45) is 5.92 Å². The molecule has 0 aromatic heterocycles. The molecular weight excluding hydrogens is 442 g/mol. The number of hydrogen-bond acceptors (Lipinski definition) is 6. The van der Waals surface area contributed by atoms with Gasteiger partial charge in [0.2, 0.25) is 0 Å². The summed E-state index contributed by atoms with van der Waals surface area (Å²) in [5, 5.41) is 28.0. The van der Waals surface area contributed by atoms with Gasteiger partial charge in [-0.1, -0.05) is 6.07 Å². The molecule has 9 heteroatoms. The number of sulfonamides is 1. The summed E-state index contributed by atoms with van der Waals surface area (Å²) in [6.45, 7) is 1.73. The highest BCUT2D eigenvalue weighted by Gasteiger charge is 2.32. The van der Waals surface area contributed by atoms with E-state index in [-0.39, 0.29) is 39.8 Å². The predicted octanol–water partition coefficient (Wildman–Crippen LogP) is 4.31. The third-order valence-electron chi connectivity index (χ3n) is 6.12. The number of carboxylic acids is 1. The number of carbonyl (C=O) groups is 1. The van der Waals surface area contributed by atoms with Gasteiger partial charge in [-0.15, -0.1) is 0 Å². The molecule has 0 heterocycles. The standard InChI is InChI=1S/C24H23N3O5S/c1-14-8-22(32-19-6-2-15(9-19)12-25)21(10-18(14)13-26)27-33(30,31)23-11-17(24(28)29)5-7-20(23)16-3-4-16/h5,7-8,10-11,15-16,19,27H,2-4,6,9H2,1H3,(H,28,29). The van der Waals surface area contributed by atoms with Crippen LogP contribution in [0.15, 0.2) is 35.2 Å². The van der Waals surface area contributed by atoms with Crippen molar-refractivity contribution in [2.75, 3.05) is 4.72 Å². The number of aryl methyl sites for hydroxylation is 1. The first-order valence-electron chi connectivity index (χ1n) is 10.7. The van der Waals surface area contributed by atoms with Crippen LogP contribution in [0.3, 0.4) is 0 Å². The van der Waals surface area contributed by atoms with Gasteiger partial charge >= 0.3 is 5.97 Å². The highest BCUT2D eigenvalue weighted by Crippen LogP contribution is 2.44. The lowest BCUT2D eigenvalue weighted by Crippen LogP contribution is -2.19. The van der Waals surface area contributed by atoms with Crippen molar-refractivity contribution in [1.29, 1.82) is 10.5 Å². The Bertz CT molecular complexity index is 1300. The van der Waals surface area contributed by atoms with Crippen molar-refractivity contribution in [3.8, 4) is 17.9 Å². The number of carboxylic acid groups (broad SMARTS) is 1. The Labute approximate surface area is 192 Å². The van der Waals surface area contributed by atoms with Crippen LogP contribution in [0.2, 0.25) is 0 Å². The zero-order valence-corrected chi connectivity index (χ0v) is 18.9. The molecule has 0 bridgehead atoms. The van der Waals surface area contributed by atoms with E-state index in [1.807, 2.05) is 0 Å². The van der Waals surface area contributed by atoms with Crippen molar-refractivity contribution < 1.29 is 23.1 Å². The molecule has 2 atom stereocenters. The molecule has 2 saturated carbocycles. The summed E-state index contributed by atoms with van der Waals surface area (Å²) in [6, 6.07) is 11.5. The molecule has 4 rings (SSSR count). The number of anilines is 1. The predicted molar refractivity (Wildman–Crippen MR) is 119 cm³/mol. The first-order valence-corrected chi connectivity index (χ1v) is 12.2. The highest BCUT2D eigenvalue weighted by molar-refractivity contribution is 7.92. The quantitative estimate of drug-likeness (QED) is 0.620. The lowest BCUT2D eigenvalue weighted by molar-refractivity contribution is 0.0696. The minimum Gasteiger partial charge on any atom is -0.488 e. The first-order chi connectivity index (χ1) is 15.7. The van der Waals surface area contributed by atoms with Gasteiger partial charge in [-0.05, 0) is 73.9 Å². The van der Waals surface area contributed by atoms with E-state index in [2.05, 4.69) is 16.9 Å².